The summed E-state index contributed by atoms with van der Waals surface area (Å²) in [5.41, 5.74) is 0.556. The van der Waals surface area contributed by atoms with Crippen LogP contribution in [-0.4, -0.2) is 34.5 Å². The molecule has 0 fully saturated rings. The van der Waals surface area contributed by atoms with Crippen molar-refractivity contribution < 1.29 is 29.0 Å². The molecule has 33 heavy (non-hydrogen) atoms. The third kappa shape index (κ3) is 9.95. The Labute approximate surface area is 204 Å². The number of ether oxygens (including phenoxy) is 2. The topological polar surface area (TPSA) is 89.9 Å². The van der Waals surface area contributed by atoms with E-state index in [4.69, 9.17) is 32.7 Å². The first kappa shape index (κ1) is 28.6. The molecule has 0 aliphatic carbocycles. The summed E-state index contributed by atoms with van der Waals surface area (Å²) in [5.74, 6) is -0.949. The molecule has 0 bridgehead atoms. The van der Waals surface area contributed by atoms with Crippen LogP contribution in [0.5, 0.6) is 0 Å². The van der Waals surface area contributed by atoms with Gasteiger partial charge in [0.25, 0.3) is 0 Å². The second-order valence-electron chi connectivity index (χ2n) is 9.28. The first-order valence-corrected chi connectivity index (χ1v) is 11.0. The van der Waals surface area contributed by atoms with E-state index in [0.717, 1.165) is 0 Å². The van der Waals surface area contributed by atoms with Gasteiger partial charge in [0, 0.05) is 5.56 Å². The lowest BCUT2D eigenvalue weighted by Crippen LogP contribution is -2.24. The fourth-order valence-corrected chi connectivity index (χ4v) is 2.93. The molecule has 6 nitrogen and oxygen atoms in total. The molecule has 0 aliphatic rings. The molecule has 0 aromatic heterocycles. The molecule has 0 aliphatic heterocycles. The van der Waals surface area contributed by atoms with Crippen LogP contribution in [0.2, 0.25) is 10.0 Å². The van der Waals surface area contributed by atoms with Crippen molar-refractivity contribution in [3.63, 3.8) is 0 Å². The van der Waals surface area contributed by atoms with Crippen LogP contribution in [0, 0.1) is 0 Å². The van der Waals surface area contributed by atoms with Gasteiger partial charge in [-0.2, -0.15) is 0 Å². The van der Waals surface area contributed by atoms with Gasteiger partial charge >= 0.3 is 11.9 Å². The predicted molar refractivity (Wildman–Crippen MR) is 129 cm³/mol. The minimum atomic E-state index is -0.611. The van der Waals surface area contributed by atoms with Gasteiger partial charge < -0.3 is 14.6 Å². The molecule has 180 valence electrons. The summed E-state index contributed by atoms with van der Waals surface area (Å²) in [6.07, 6.45) is 0.0604. The van der Waals surface area contributed by atoms with Gasteiger partial charge in [0.2, 0.25) is 0 Å². The second kappa shape index (κ2) is 11.6. The van der Waals surface area contributed by atoms with Crippen LogP contribution >= 0.6 is 23.2 Å². The maximum Gasteiger partial charge on any atom is 0.340 e. The second-order valence-corrected chi connectivity index (χ2v) is 10.1. The fourth-order valence-electron chi connectivity index (χ4n) is 2.39. The van der Waals surface area contributed by atoms with Gasteiger partial charge in [0.15, 0.2) is 0 Å². The number of benzene rings is 2. The zero-order valence-electron chi connectivity index (χ0n) is 19.9. The number of carbonyl (C=O) groups is 3. The molecule has 2 rings (SSSR count). The number of aliphatic hydroxyl groups is 1. The average molecular weight is 497 g/mol. The van der Waals surface area contributed by atoms with Gasteiger partial charge in [-0.3, -0.25) is 4.79 Å². The monoisotopic (exact) mass is 496 g/mol. The SMILES string of the molecule is CC(C)(C)OC(=O)c1ccc(C=O)cc1Cl.CC(O)c1ccc(C(=O)OC(C)(C)C)c(Cl)c1. The summed E-state index contributed by atoms with van der Waals surface area (Å²) in [4.78, 5) is 34.0. The summed E-state index contributed by atoms with van der Waals surface area (Å²) in [5, 5.41) is 9.90. The third-order valence-electron chi connectivity index (χ3n) is 3.84. The normalized spacial score (nSPS) is 12.2. The molecule has 2 aromatic rings. The largest absolute Gasteiger partial charge is 0.456 e. The van der Waals surface area contributed by atoms with Gasteiger partial charge in [0.05, 0.1) is 27.3 Å². The number of aldehydes is 1. The van der Waals surface area contributed by atoms with Crippen molar-refractivity contribution in [2.75, 3.05) is 0 Å². The Bertz CT molecular complexity index is 1000. The number of hydrogen-bond acceptors (Lipinski definition) is 6. The van der Waals surface area contributed by atoms with Crippen molar-refractivity contribution in [3.05, 3.63) is 68.7 Å². The highest BCUT2D eigenvalue weighted by Crippen LogP contribution is 2.24. The minimum absolute atomic E-state index is 0.221. The van der Waals surface area contributed by atoms with Gasteiger partial charge in [-0.1, -0.05) is 35.3 Å². The number of halogens is 2. The van der Waals surface area contributed by atoms with Crippen molar-refractivity contribution in [2.45, 2.75) is 65.8 Å². The molecule has 0 saturated heterocycles. The van der Waals surface area contributed by atoms with Crippen LogP contribution in [0.4, 0.5) is 0 Å². The molecule has 0 radical (unpaired) electrons. The lowest BCUT2D eigenvalue weighted by molar-refractivity contribution is 0.00571. The number of carbonyl (C=O) groups excluding carboxylic acids is 3. The average Bonchev–Trinajstić information content (AvgIpc) is 2.65. The van der Waals surface area contributed by atoms with E-state index >= 15 is 0 Å². The molecule has 1 N–H and O–H groups in total. The summed E-state index contributed by atoms with van der Waals surface area (Å²) < 4.78 is 10.4. The fraction of sp³-hybridized carbons (Fsp3) is 0.400. The number of aliphatic hydroxyl groups excluding tert-OH is 1. The Morgan fingerprint density at radius 1 is 0.848 bits per heavy atom. The predicted octanol–water partition coefficient (Wildman–Crippen LogP) is 6.46. The van der Waals surface area contributed by atoms with E-state index in [1.165, 1.54) is 18.2 Å². The number of rotatable bonds is 4. The molecule has 0 spiro atoms. The van der Waals surface area contributed by atoms with E-state index in [-0.39, 0.29) is 15.6 Å². The molecular formula is C25H30Cl2O6. The summed E-state index contributed by atoms with van der Waals surface area (Å²) >= 11 is 11.9. The van der Waals surface area contributed by atoms with Crippen LogP contribution < -0.4 is 0 Å². The number of esters is 2. The van der Waals surface area contributed by atoms with E-state index in [1.807, 2.05) is 0 Å². The molecule has 0 saturated carbocycles. The van der Waals surface area contributed by atoms with E-state index < -0.39 is 29.2 Å². The summed E-state index contributed by atoms with van der Waals surface area (Å²) in [6.45, 7) is 12.4. The molecule has 0 amide bonds. The highest BCUT2D eigenvalue weighted by atomic mass is 35.5. The molecular weight excluding hydrogens is 467 g/mol. The van der Waals surface area contributed by atoms with Gasteiger partial charge in [-0.15, -0.1) is 0 Å². The first-order valence-electron chi connectivity index (χ1n) is 10.2. The molecule has 1 unspecified atom stereocenters. The van der Waals surface area contributed by atoms with Crippen LogP contribution in [-0.2, 0) is 9.47 Å². The van der Waals surface area contributed by atoms with Crippen molar-refractivity contribution in [3.8, 4) is 0 Å². The standard InChI is InChI=1S/C13H17ClO3.C12H13ClO3/c1-8(15)9-5-6-10(11(14)7-9)12(16)17-13(2,3)4;1-12(2,3)16-11(15)9-5-4-8(7-14)6-10(9)13/h5-8,15H,1-4H3;4-7H,1-3H3. The van der Waals surface area contributed by atoms with E-state index in [1.54, 1.807) is 66.7 Å². The zero-order valence-corrected chi connectivity index (χ0v) is 21.4. The lowest BCUT2D eigenvalue weighted by atomic mass is 10.1. The van der Waals surface area contributed by atoms with E-state index in [0.29, 0.717) is 23.0 Å². The Hall–Kier alpha value is -2.41. The van der Waals surface area contributed by atoms with Crippen LogP contribution in [0.3, 0.4) is 0 Å². The van der Waals surface area contributed by atoms with Crippen molar-refractivity contribution in [1.82, 2.24) is 0 Å². The molecule has 2 aromatic carbocycles. The Morgan fingerprint density at radius 2 is 1.27 bits per heavy atom. The van der Waals surface area contributed by atoms with Crippen LogP contribution in [0.15, 0.2) is 36.4 Å². The number of hydrogen-bond donors (Lipinski definition) is 1. The first-order chi connectivity index (χ1) is 15.0. The smallest absolute Gasteiger partial charge is 0.340 e. The van der Waals surface area contributed by atoms with Gasteiger partial charge in [-0.05, 0) is 78.3 Å². The molecule has 0 heterocycles. The van der Waals surface area contributed by atoms with Crippen LogP contribution in [0.25, 0.3) is 0 Å². The van der Waals surface area contributed by atoms with E-state index in [9.17, 15) is 19.5 Å². The van der Waals surface area contributed by atoms with Crippen molar-refractivity contribution >= 4 is 41.4 Å². The van der Waals surface area contributed by atoms with Gasteiger partial charge in [0.1, 0.15) is 17.5 Å². The highest BCUT2D eigenvalue weighted by Gasteiger charge is 2.21. The van der Waals surface area contributed by atoms with Crippen molar-refractivity contribution in [1.29, 1.82) is 0 Å². The zero-order chi connectivity index (χ0) is 25.6. The minimum Gasteiger partial charge on any atom is -0.456 e. The summed E-state index contributed by atoms with van der Waals surface area (Å²) in [7, 11) is 0. The molecule has 1 atom stereocenters. The quantitative estimate of drug-likeness (QED) is 0.385. The van der Waals surface area contributed by atoms with Gasteiger partial charge in [-0.25, -0.2) is 9.59 Å². The van der Waals surface area contributed by atoms with Crippen LogP contribution in [0.1, 0.15) is 91.2 Å². The lowest BCUT2D eigenvalue weighted by Gasteiger charge is -2.20. The van der Waals surface area contributed by atoms with Crippen molar-refractivity contribution in [2.24, 2.45) is 0 Å². The maximum absolute atomic E-state index is 11.8. The Balaban J connectivity index is 0.000000331. The highest BCUT2D eigenvalue weighted by molar-refractivity contribution is 6.34. The third-order valence-corrected chi connectivity index (χ3v) is 4.47. The summed E-state index contributed by atoms with van der Waals surface area (Å²) in [6, 6.07) is 9.26. The Kier molecular flexibility index (Phi) is 10.1. The Morgan fingerprint density at radius 3 is 1.61 bits per heavy atom. The maximum atomic E-state index is 11.8. The van der Waals surface area contributed by atoms with E-state index in [2.05, 4.69) is 0 Å². The molecule has 8 heteroatoms.